The van der Waals surface area contributed by atoms with Gasteiger partial charge in [-0.3, -0.25) is 9.69 Å². The van der Waals surface area contributed by atoms with Crippen LogP contribution in [0, 0.1) is 0 Å². The fourth-order valence-corrected chi connectivity index (χ4v) is 4.83. The summed E-state index contributed by atoms with van der Waals surface area (Å²) < 4.78 is 23.2. The van der Waals surface area contributed by atoms with Crippen LogP contribution in [0.1, 0.15) is 22.3 Å². The highest BCUT2D eigenvalue weighted by molar-refractivity contribution is 7.91. The third-order valence-corrected chi connectivity index (χ3v) is 6.26. The maximum absolute atomic E-state index is 12.2. The first-order chi connectivity index (χ1) is 11.9. The van der Waals surface area contributed by atoms with Gasteiger partial charge in [-0.05, 0) is 43.3 Å². The molecule has 2 aromatic rings. The Labute approximate surface area is 148 Å². The minimum atomic E-state index is -2.88. The molecule has 3 rings (SSSR count). The Hall–Kier alpha value is -2.18. The van der Waals surface area contributed by atoms with E-state index >= 15 is 0 Å². The van der Waals surface area contributed by atoms with Crippen LogP contribution in [0.3, 0.4) is 0 Å². The van der Waals surface area contributed by atoms with Crippen molar-refractivity contribution in [2.45, 2.75) is 19.0 Å². The van der Waals surface area contributed by atoms with Crippen molar-refractivity contribution in [3.63, 3.8) is 0 Å². The second kappa shape index (κ2) is 7.37. The van der Waals surface area contributed by atoms with Crippen molar-refractivity contribution in [3.05, 3.63) is 65.7 Å². The molecule has 1 atom stereocenters. The van der Waals surface area contributed by atoms with Gasteiger partial charge in [0.15, 0.2) is 9.84 Å². The fraction of sp³-hybridized carbons (Fsp3) is 0.316. The van der Waals surface area contributed by atoms with Crippen molar-refractivity contribution in [3.8, 4) is 0 Å². The van der Waals surface area contributed by atoms with Gasteiger partial charge in [0.05, 0.1) is 11.5 Å². The molecular weight excluding hydrogens is 336 g/mol. The number of para-hydroxylation sites is 1. The lowest BCUT2D eigenvalue weighted by Gasteiger charge is -2.23. The second-order valence-corrected chi connectivity index (χ2v) is 8.72. The minimum absolute atomic E-state index is 0.0751. The van der Waals surface area contributed by atoms with Crippen molar-refractivity contribution in [1.29, 1.82) is 0 Å². The highest BCUT2D eigenvalue weighted by Crippen LogP contribution is 2.19. The normalized spacial score (nSPS) is 19.0. The van der Waals surface area contributed by atoms with Crippen molar-refractivity contribution in [1.82, 2.24) is 4.90 Å². The summed E-state index contributed by atoms with van der Waals surface area (Å²) in [6.45, 7) is 0.667. The van der Waals surface area contributed by atoms with E-state index in [2.05, 4.69) is 10.2 Å². The number of hydrogen-bond acceptors (Lipinski definition) is 4. The summed E-state index contributed by atoms with van der Waals surface area (Å²) in [5, 5.41) is 2.86. The Kier molecular flexibility index (Phi) is 5.20. The summed E-state index contributed by atoms with van der Waals surface area (Å²) in [5.41, 5.74) is 2.42. The van der Waals surface area contributed by atoms with Gasteiger partial charge in [-0.2, -0.15) is 0 Å². The van der Waals surface area contributed by atoms with E-state index in [9.17, 15) is 13.2 Å². The topological polar surface area (TPSA) is 66.5 Å². The number of carbonyl (C=O) groups excluding carboxylic acids is 1. The maximum Gasteiger partial charge on any atom is 0.255 e. The Morgan fingerprint density at radius 2 is 1.80 bits per heavy atom. The molecule has 1 saturated heterocycles. The lowest BCUT2D eigenvalue weighted by Crippen LogP contribution is -2.32. The van der Waals surface area contributed by atoms with E-state index in [1.807, 2.05) is 49.5 Å². The molecule has 0 bridgehead atoms. The molecule has 6 heteroatoms. The van der Waals surface area contributed by atoms with Crippen LogP contribution in [0.2, 0.25) is 0 Å². The van der Waals surface area contributed by atoms with Gasteiger partial charge < -0.3 is 5.32 Å². The van der Waals surface area contributed by atoms with Crippen molar-refractivity contribution in [2.24, 2.45) is 0 Å². The van der Waals surface area contributed by atoms with Gasteiger partial charge in [-0.25, -0.2) is 8.42 Å². The van der Waals surface area contributed by atoms with Gasteiger partial charge in [-0.1, -0.05) is 30.3 Å². The predicted octanol–water partition coefficient (Wildman–Crippen LogP) is 2.56. The summed E-state index contributed by atoms with van der Waals surface area (Å²) in [6, 6.07) is 16.8. The summed E-state index contributed by atoms with van der Waals surface area (Å²) >= 11 is 0. The van der Waals surface area contributed by atoms with Crippen LogP contribution >= 0.6 is 0 Å². The van der Waals surface area contributed by atoms with E-state index in [1.54, 1.807) is 12.1 Å². The molecule has 1 fully saturated rings. The molecule has 1 heterocycles. The number of sulfone groups is 1. The van der Waals surface area contributed by atoms with Gasteiger partial charge in [0.2, 0.25) is 0 Å². The van der Waals surface area contributed by atoms with Crippen LogP contribution in [0.5, 0.6) is 0 Å². The lowest BCUT2D eigenvalue weighted by molar-refractivity contribution is 0.102. The smallest absolute Gasteiger partial charge is 0.255 e. The first-order valence-electron chi connectivity index (χ1n) is 8.29. The van der Waals surface area contributed by atoms with Crippen molar-refractivity contribution >= 4 is 21.4 Å². The molecule has 0 spiro atoms. The molecule has 0 aliphatic carbocycles. The summed E-state index contributed by atoms with van der Waals surface area (Å²) in [6.07, 6.45) is 0.691. The number of hydrogen-bond donors (Lipinski definition) is 1. The van der Waals surface area contributed by atoms with Crippen LogP contribution in [-0.2, 0) is 16.4 Å². The zero-order valence-corrected chi connectivity index (χ0v) is 15.0. The van der Waals surface area contributed by atoms with E-state index in [1.165, 1.54) is 0 Å². The number of amides is 1. The number of nitrogens with one attached hydrogen (secondary N) is 1. The monoisotopic (exact) mass is 358 g/mol. The Morgan fingerprint density at radius 3 is 2.40 bits per heavy atom. The van der Waals surface area contributed by atoms with Gasteiger partial charge in [-0.15, -0.1) is 0 Å². The Bertz CT molecular complexity index is 833. The van der Waals surface area contributed by atoms with Gasteiger partial charge in [0.25, 0.3) is 5.91 Å². The SMILES string of the molecule is CN(Cc1ccc(C(=O)Nc2ccccc2)cc1)[C@H]1CCS(=O)(=O)C1. The highest BCUT2D eigenvalue weighted by Gasteiger charge is 2.30. The van der Waals surface area contributed by atoms with Crippen LogP contribution in [0.25, 0.3) is 0 Å². The number of carbonyl (C=O) groups is 1. The van der Waals surface area contributed by atoms with Crippen LogP contribution in [0.4, 0.5) is 5.69 Å². The van der Waals surface area contributed by atoms with Crippen LogP contribution in [-0.4, -0.2) is 43.8 Å². The van der Waals surface area contributed by atoms with Crippen LogP contribution in [0.15, 0.2) is 54.6 Å². The molecule has 0 aromatic heterocycles. The molecule has 5 nitrogen and oxygen atoms in total. The van der Waals surface area contributed by atoms with E-state index in [0.29, 0.717) is 18.5 Å². The average Bonchev–Trinajstić information content (AvgIpc) is 2.96. The van der Waals surface area contributed by atoms with Gasteiger partial charge in [0.1, 0.15) is 0 Å². The summed E-state index contributed by atoms with van der Waals surface area (Å²) in [7, 11) is -0.929. The quantitative estimate of drug-likeness (QED) is 0.892. The first-order valence-corrected chi connectivity index (χ1v) is 10.1. The van der Waals surface area contributed by atoms with E-state index in [0.717, 1.165) is 11.3 Å². The first kappa shape index (κ1) is 17.6. The summed E-state index contributed by atoms with van der Waals surface area (Å²) in [4.78, 5) is 14.3. The summed E-state index contributed by atoms with van der Waals surface area (Å²) in [5.74, 6) is 0.370. The molecule has 132 valence electrons. The largest absolute Gasteiger partial charge is 0.322 e. The Balaban J connectivity index is 1.59. The number of nitrogens with zero attached hydrogens (tertiary/aromatic N) is 1. The van der Waals surface area contributed by atoms with E-state index < -0.39 is 9.84 Å². The lowest BCUT2D eigenvalue weighted by atomic mass is 10.1. The molecule has 0 saturated carbocycles. The third kappa shape index (κ3) is 4.67. The third-order valence-electron chi connectivity index (χ3n) is 4.51. The highest BCUT2D eigenvalue weighted by atomic mass is 32.2. The molecule has 1 amide bonds. The number of benzene rings is 2. The Morgan fingerprint density at radius 1 is 1.12 bits per heavy atom. The van der Waals surface area contributed by atoms with E-state index in [4.69, 9.17) is 0 Å². The molecule has 1 aliphatic rings. The van der Waals surface area contributed by atoms with Crippen molar-refractivity contribution in [2.75, 3.05) is 23.9 Å². The number of rotatable bonds is 5. The zero-order chi connectivity index (χ0) is 17.9. The molecule has 1 N–H and O–H groups in total. The average molecular weight is 358 g/mol. The number of anilines is 1. The van der Waals surface area contributed by atoms with Gasteiger partial charge >= 0.3 is 0 Å². The molecule has 25 heavy (non-hydrogen) atoms. The van der Waals surface area contributed by atoms with Gasteiger partial charge in [0, 0.05) is 23.8 Å². The maximum atomic E-state index is 12.2. The second-order valence-electron chi connectivity index (χ2n) is 6.49. The molecule has 0 radical (unpaired) electrons. The molecule has 2 aromatic carbocycles. The minimum Gasteiger partial charge on any atom is -0.322 e. The molecular formula is C19H22N2O3S. The van der Waals surface area contributed by atoms with E-state index in [-0.39, 0.29) is 23.5 Å². The predicted molar refractivity (Wildman–Crippen MR) is 99.4 cm³/mol. The zero-order valence-electron chi connectivity index (χ0n) is 14.2. The molecule has 0 unspecified atom stereocenters. The standard InChI is InChI=1S/C19H22N2O3S/c1-21(18-11-12-25(23,24)14-18)13-15-7-9-16(10-8-15)19(22)20-17-5-3-2-4-6-17/h2-10,18H,11-14H2,1H3,(H,20,22)/t18-/m0/s1. The fourth-order valence-electron chi connectivity index (χ4n) is 3.03. The van der Waals surface area contributed by atoms with Crippen molar-refractivity contribution < 1.29 is 13.2 Å². The molecule has 1 aliphatic heterocycles. The van der Waals surface area contributed by atoms with Crippen LogP contribution < -0.4 is 5.32 Å².